The minimum atomic E-state index is -3.41. The fourth-order valence-corrected chi connectivity index (χ4v) is 3.10. The molecule has 0 aliphatic carbocycles. The Morgan fingerprint density at radius 3 is 2.68 bits per heavy atom. The molecule has 0 aliphatic heterocycles. The van der Waals surface area contributed by atoms with E-state index in [1.807, 2.05) is 12.1 Å². The molecular formula is C13H20N2O2S2. The summed E-state index contributed by atoms with van der Waals surface area (Å²) in [6, 6.07) is 6.96. The lowest BCUT2D eigenvalue weighted by Crippen LogP contribution is -2.23. The van der Waals surface area contributed by atoms with E-state index in [0.717, 1.165) is 18.1 Å². The number of benzene rings is 1. The number of anilines is 1. The standard InChI is InChI=1S/C13H20N2O2S2/c1-4-10-18-11-9-14-12-7-5-6-8-13(12)19(16,17)15(2)3/h4-8,14H,1,9-11H2,2-3H3. The summed E-state index contributed by atoms with van der Waals surface area (Å²) >= 11 is 1.75. The zero-order chi connectivity index (χ0) is 14.3. The number of hydrogen-bond donors (Lipinski definition) is 1. The molecule has 0 bridgehead atoms. The summed E-state index contributed by atoms with van der Waals surface area (Å²) < 4.78 is 25.5. The molecule has 106 valence electrons. The predicted octanol–water partition coefficient (Wildman–Crippen LogP) is 2.27. The molecule has 0 unspecified atom stereocenters. The molecule has 1 rings (SSSR count). The van der Waals surface area contributed by atoms with Crippen LogP contribution in [-0.2, 0) is 10.0 Å². The molecular weight excluding hydrogens is 280 g/mol. The van der Waals surface area contributed by atoms with Crippen LogP contribution in [0.25, 0.3) is 0 Å². The molecule has 0 heterocycles. The van der Waals surface area contributed by atoms with Gasteiger partial charge in [-0.3, -0.25) is 0 Å². The molecule has 0 saturated heterocycles. The Labute approximate surface area is 119 Å². The van der Waals surface area contributed by atoms with Gasteiger partial charge in [0.1, 0.15) is 4.90 Å². The Morgan fingerprint density at radius 1 is 1.37 bits per heavy atom. The van der Waals surface area contributed by atoms with Crippen LogP contribution in [0.4, 0.5) is 5.69 Å². The molecule has 0 atom stereocenters. The van der Waals surface area contributed by atoms with E-state index in [1.165, 1.54) is 18.4 Å². The van der Waals surface area contributed by atoms with E-state index >= 15 is 0 Å². The van der Waals surface area contributed by atoms with Gasteiger partial charge in [0.25, 0.3) is 0 Å². The Kier molecular flexibility index (Phi) is 6.41. The first kappa shape index (κ1) is 16.1. The van der Waals surface area contributed by atoms with Gasteiger partial charge in [0.05, 0.1) is 5.69 Å². The first-order chi connectivity index (χ1) is 9.00. The third-order valence-corrected chi connectivity index (χ3v) is 5.28. The van der Waals surface area contributed by atoms with E-state index in [0.29, 0.717) is 10.6 Å². The molecule has 19 heavy (non-hydrogen) atoms. The summed E-state index contributed by atoms with van der Waals surface area (Å²) in [5.74, 6) is 1.81. The van der Waals surface area contributed by atoms with Gasteiger partial charge in [-0.1, -0.05) is 18.2 Å². The highest BCUT2D eigenvalue weighted by Gasteiger charge is 2.20. The minimum absolute atomic E-state index is 0.314. The van der Waals surface area contributed by atoms with E-state index in [2.05, 4.69) is 11.9 Å². The molecule has 0 fully saturated rings. The van der Waals surface area contributed by atoms with Gasteiger partial charge in [-0.25, -0.2) is 12.7 Å². The van der Waals surface area contributed by atoms with Gasteiger partial charge in [0, 0.05) is 32.1 Å². The molecule has 1 aromatic rings. The van der Waals surface area contributed by atoms with Crippen molar-refractivity contribution in [1.29, 1.82) is 0 Å². The van der Waals surface area contributed by atoms with E-state index in [9.17, 15) is 8.42 Å². The first-order valence-corrected chi connectivity index (χ1v) is 8.53. The van der Waals surface area contributed by atoms with Crippen LogP contribution in [0.2, 0.25) is 0 Å². The Morgan fingerprint density at radius 2 is 2.05 bits per heavy atom. The van der Waals surface area contributed by atoms with E-state index < -0.39 is 10.0 Å². The van der Waals surface area contributed by atoms with Gasteiger partial charge in [0.15, 0.2) is 0 Å². The molecule has 0 spiro atoms. The lowest BCUT2D eigenvalue weighted by atomic mass is 10.3. The van der Waals surface area contributed by atoms with E-state index in [-0.39, 0.29) is 0 Å². The number of hydrogen-bond acceptors (Lipinski definition) is 4. The third kappa shape index (κ3) is 4.56. The molecule has 0 radical (unpaired) electrons. The van der Waals surface area contributed by atoms with Crippen molar-refractivity contribution >= 4 is 27.5 Å². The topological polar surface area (TPSA) is 49.4 Å². The summed E-state index contributed by atoms with van der Waals surface area (Å²) in [6.07, 6.45) is 1.86. The molecule has 4 nitrogen and oxygen atoms in total. The fraction of sp³-hybridized carbons (Fsp3) is 0.385. The summed E-state index contributed by atoms with van der Waals surface area (Å²) in [6.45, 7) is 4.38. The van der Waals surface area contributed by atoms with Gasteiger partial charge >= 0.3 is 0 Å². The maximum absolute atomic E-state index is 12.2. The second-order valence-electron chi connectivity index (χ2n) is 4.07. The second-order valence-corrected chi connectivity index (χ2v) is 7.34. The Hall–Kier alpha value is -0.980. The van der Waals surface area contributed by atoms with Crippen molar-refractivity contribution in [1.82, 2.24) is 4.31 Å². The molecule has 0 aliphatic rings. The summed E-state index contributed by atoms with van der Waals surface area (Å²) in [5, 5.41) is 3.17. The van der Waals surface area contributed by atoms with Crippen molar-refractivity contribution in [2.45, 2.75) is 4.90 Å². The lowest BCUT2D eigenvalue weighted by molar-refractivity contribution is 0.521. The predicted molar refractivity (Wildman–Crippen MR) is 83.3 cm³/mol. The van der Waals surface area contributed by atoms with Crippen molar-refractivity contribution in [3.8, 4) is 0 Å². The van der Waals surface area contributed by atoms with E-state index in [4.69, 9.17) is 0 Å². The lowest BCUT2D eigenvalue weighted by Gasteiger charge is -2.16. The van der Waals surface area contributed by atoms with Gasteiger partial charge in [-0.05, 0) is 12.1 Å². The number of rotatable bonds is 8. The molecule has 0 amide bonds. The zero-order valence-electron chi connectivity index (χ0n) is 11.3. The number of nitrogens with zero attached hydrogens (tertiary/aromatic N) is 1. The summed E-state index contributed by atoms with van der Waals surface area (Å²) in [4.78, 5) is 0.314. The highest BCUT2D eigenvalue weighted by Crippen LogP contribution is 2.22. The average Bonchev–Trinajstić information content (AvgIpc) is 2.38. The van der Waals surface area contributed by atoms with Crippen molar-refractivity contribution in [3.63, 3.8) is 0 Å². The number of nitrogens with one attached hydrogen (secondary N) is 1. The Balaban J connectivity index is 2.77. The van der Waals surface area contributed by atoms with Crippen LogP contribution in [0.15, 0.2) is 41.8 Å². The number of thioether (sulfide) groups is 1. The second kappa shape index (κ2) is 7.57. The average molecular weight is 300 g/mol. The molecule has 0 aromatic heterocycles. The minimum Gasteiger partial charge on any atom is -0.383 e. The quantitative estimate of drug-likeness (QED) is 0.591. The van der Waals surface area contributed by atoms with E-state index in [1.54, 1.807) is 30.0 Å². The highest BCUT2D eigenvalue weighted by molar-refractivity contribution is 7.99. The Bertz CT molecular complexity index is 513. The van der Waals surface area contributed by atoms with Gasteiger partial charge in [-0.2, -0.15) is 11.8 Å². The van der Waals surface area contributed by atoms with Crippen LogP contribution in [0.1, 0.15) is 0 Å². The molecule has 1 aromatic carbocycles. The maximum Gasteiger partial charge on any atom is 0.244 e. The summed E-state index contributed by atoms with van der Waals surface area (Å²) in [7, 11) is -0.339. The normalized spacial score (nSPS) is 11.5. The fourth-order valence-electron chi connectivity index (χ4n) is 1.46. The molecule has 1 N–H and O–H groups in total. The van der Waals surface area contributed by atoms with Crippen molar-refractivity contribution < 1.29 is 8.42 Å². The molecule has 0 saturated carbocycles. The third-order valence-electron chi connectivity index (χ3n) is 2.44. The van der Waals surface area contributed by atoms with Gasteiger partial charge in [0.2, 0.25) is 10.0 Å². The van der Waals surface area contributed by atoms with Crippen molar-refractivity contribution in [2.24, 2.45) is 0 Å². The van der Waals surface area contributed by atoms with Crippen LogP contribution in [0, 0.1) is 0 Å². The van der Waals surface area contributed by atoms with Crippen LogP contribution >= 0.6 is 11.8 Å². The highest BCUT2D eigenvalue weighted by atomic mass is 32.2. The number of para-hydroxylation sites is 1. The van der Waals surface area contributed by atoms with Crippen LogP contribution in [0.5, 0.6) is 0 Å². The maximum atomic E-state index is 12.2. The first-order valence-electron chi connectivity index (χ1n) is 5.94. The van der Waals surface area contributed by atoms with Crippen LogP contribution in [-0.4, -0.2) is 44.9 Å². The van der Waals surface area contributed by atoms with Crippen LogP contribution in [0.3, 0.4) is 0 Å². The van der Waals surface area contributed by atoms with Crippen LogP contribution < -0.4 is 5.32 Å². The van der Waals surface area contributed by atoms with Gasteiger partial charge in [-0.15, -0.1) is 6.58 Å². The summed E-state index contributed by atoms with van der Waals surface area (Å²) in [5.41, 5.74) is 0.649. The largest absolute Gasteiger partial charge is 0.383 e. The zero-order valence-corrected chi connectivity index (χ0v) is 12.9. The smallest absolute Gasteiger partial charge is 0.244 e. The monoisotopic (exact) mass is 300 g/mol. The molecule has 6 heteroatoms. The van der Waals surface area contributed by atoms with Crippen molar-refractivity contribution in [3.05, 3.63) is 36.9 Å². The van der Waals surface area contributed by atoms with Gasteiger partial charge < -0.3 is 5.32 Å². The van der Waals surface area contributed by atoms with Crippen molar-refractivity contribution in [2.75, 3.05) is 37.5 Å². The number of sulfonamides is 1. The SMILES string of the molecule is C=CCSCCNc1ccccc1S(=O)(=O)N(C)C.